The summed E-state index contributed by atoms with van der Waals surface area (Å²) in [6, 6.07) is 11.2. The quantitative estimate of drug-likeness (QED) is 0.817. The average molecular weight is 321 g/mol. The van der Waals surface area contributed by atoms with E-state index >= 15 is 0 Å². The van der Waals surface area contributed by atoms with Crippen molar-refractivity contribution in [3.05, 3.63) is 52.7 Å². The Morgan fingerprint density at radius 1 is 1.36 bits per heavy atom. The summed E-state index contributed by atoms with van der Waals surface area (Å²) in [7, 11) is 0. The van der Waals surface area contributed by atoms with E-state index in [1.165, 1.54) is 6.07 Å². The summed E-state index contributed by atoms with van der Waals surface area (Å²) in [5.74, 6) is -0.329. The van der Waals surface area contributed by atoms with Gasteiger partial charge in [-0.25, -0.2) is 0 Å². The number of nitrogens with two attached hydrogens (primary N) is 1. The van der Waals surface area contributed by atoms with Crippen molar-refractivity contribution in [2.24, 2.45) is 5.73 Å². The highest BCUT2D eigenvalue weighted by Crippen LogP contribution is 2.20. The second kappa shape index (κ2) is 7.72. The van der Waals surface area contributed by atoms with E-state index in [1.54, 1.807) is 0 Å². The third-order valence-electron chi connectivity index (χ3n) is 3.02. The van der Waals surface area contributed by atoms with Crippen molar-refractivity contribution >= 4 is 23.3 Å². The van der Waals surface area contributed by atoms with Crippen LogP contribution in [0.1, 0.15) is 28.9 Å². The summed E-state index contributed by atoms with van der Waals surface area (Å²) in [4.78, 5) is 11.4. The molecule has 0 aliphatic heterocycles. The lowest BCUT2D eigenvalue weighted by molar-refractivity contribution is 0.0718. The number of primary amides is 1. The van der Waals surface area contributed by atoms with Crippen LogP contribution in [0.3, 0.4) is 0 Å². The van der Waals surface area contributed by atoms with Gasteiger partial charge >= 0.3 is 0 Å². The number of hydrogen-bond acceptors (Lipinski definition) is 5. The van der Waals surface area contributed by atoms with Crippen LogP contribution >= 0.6 is 11.6 Å². The Morgan fingerprint density at radius 3 is 2.73 bits per heavy atom. The lowest BCUT2D eigenvalue weighted by atomic mass is 10.1. The van der Waals surface area contributed by atoms with E-state index in [4.69, 9.17) is 22.1 Å². The summed E-state index contributed by atoms with van der Waals surface area (Å²) in [6.07, 6.45) is -0.176. The van der Waals surface area contributed by atoms with Crippen LogP contribution in [0.5, 0.6) is 0 Å². The number of amides is 1. The Labute approximate surface area is 133 Å². The number of anilines is 1. The summed E-state index contributed by atoms with van der Waals surface area (Å²) >= 11 is 5.74. The van der Waals surface area contributed by atoms with Crippen LogP contribution in [0.15, 0.2) is 36.4 Å². The average Bonchev–Trinajstić information content (AvgIpc) is 2.53. The Bertz CT molecular complexity index is 637. The van der Waals surface area contributed by atoms with Crippen LogP contribution in [0, 0.1) is 0 Å². The summed E-state index contributed by atoms with van der Waals surface area (Å²) in [6.45, 7) is 2.91. The Kier molecular flexibility index (Phi) is 5.68. The molecule has 7 heteroatoms. The van der Waals surface area contributed by atoms with E-state index in [2.05, 4.69) is 15.5 Å². The molecule has 0 saturated carbocycles. The van der Waals surface area contributed by atoms with Gasteiger partial charge in [-0.2, -0.15) is 0 Å². The molecule has 0 aliphatic carbocycles. The molecular weight excluding hydrogens is 304 g/mol. The summed E-state index contributed by atoms with van der Waals surface area (Å²) in [5, 5.41) is 10.8. The Hall–Kier alpha value is -2.18. The van der Waals surface area contributed by atoms with E-state index in [0.717, 1.165) is 5.56 Å². The number of benzene rings is 1. The van der Waals surface area contributed by atoms with Crippen LogP contribution in [0.4, 0.5) is 5.82 Å². The molecule has 1 amide bonds. The number of rotatable bonds is 7. The molecule has 0 spiro atoms. The molecule has 6 nitrogen and oxygen atoms in total. The summed E-state index contributed by atoms with van der Waals surface area (Å²) in [5.41, 5.74) is 6.55. The van der Waals surface area contributed by atoms with E-state index in [1.807, 2.05) is 37.3 Å². The zero-order valence-electron chi connectivity index (χ0n) is 12.1. The van der Waals surface area contributed by atoms with E-state index < -0.39 is 5.91 Å². The maximum atomic E-state index is 11.4. The fourth-order valence-electron chi connectivity index (χ4n) is 2.02. The molecule has 1 aromatic carbocycles. The first kappa shape index (κ1) is 16.2. The number of ether oxygens (including phenoxy) is 1. The lowest BCUT2D eigenvalue weighted by Crippen LogP contribution is -2.20. The second-order valence-electron chi connectivity index (χ2n) is 4.53. The number of nitrogens with zero attached hydrogens (tertiary/aromatic N) is 2. The second-order valence-corrected chi connectivity index (χ2v) is 4.92. The Balaban J connectivity index is 2.15. The van der Waals surface area contributed by atoms with E-state index in [0.29, 0.717) is 13.2 Å². The van der Waals surface area contributed by atoms with Crippen LogP contribution in [0.25, 0.3) is 0 Å². The third kappa shape index (κ3) is 4.16. The number of hydrogen-bond donors (Lipinski definition) is 2. The van der Waals surface area contributed by atoms with Gasteiger partial charge in [-0.1, -0.05) is 41.9 Å². The molecule has 1 atom stereocenters. The minimum absolute atomic E-state index is 0.115. The molecule has 0 radical (unpaired) electrons. The SMILES string of the molecule is CCOC(CNc1nnc(Cl)cc1C(N)=O)c1ccccc1. The number of carbonyl (C=O) groups excluding carboxylic acids is 1. The molecule has 116 valence electrons. The molecule has 3 N–H and O–H groups in total. The minimum Gasteiger partial charge on any atom is -0.372 e. The number of halogens is 1. The highest BCUT2D eigenvalue weighted by Gasteiger charge is 2.15. The zero-order valence-corrected chi connectivity index (χ0v) is 12.9. The van der Waals surface area contributed by atoms with E-state index in [-0.39, 0.29) is 22.6 Å². The van der Waals surface area contributed by atoms with Gasteiger partial charge in [-0.3, -0.25) is 4.79 Å². The first-order valence-electron chi connectivity index (χ1n) is 6.85. The van der Waals surface area contributed by atoms with Crippen molar-refractivity contribution < 1.29 is 9.53 Å². The molecule has 1 unspecified atom stereocenters. The maximum absolute atomic E-state index is 11.4. The molecule has 2 rings (SSSR count). The molecule has 0 saturated heterocycles. The first-order valence-corrected chi connectivity index (χ1v) is 7.23. The molecule has 1 heterocycles. The van der Waals surface area contributed by atoms with Crippen LogP contribution in [-0.2, 0) is 4.74 Å². The van der Waals surface area contributed by atoms with Gasteiger partial charge in [0.15, 0.2) is 11.0 Å². The smallest absolute Gasteiger partial charge is 0.252 e. The van der Waals surface area contributed by atoms with Crippen molar-refractivity contribution in [3.8, 4) is 0 Å². The van der Waals surface area contributed by atoms with Gasteiger partial charge < -0.3 is 15.8 Å². The van der Waals surface area contributed by atoms with Crippen molar-refractivity contribution in [1.29, 1.82) is 0 Å². The zero-order chi connectivity index (χ0) is 15.9. The highest BCUT2D eigenvalue weighted by atomic mass is 35.5. The van der Waals surface area contributed by atoms with Gasteiger partial charge in [0.25, 0.3) is 5.91 Å². The fourth-order valence-corrected chi connectivity index (χ4v) is 2.16. The van der Waals surface area contributed by atoms with Gasteiger partial charge in [-0.05, 0) is 18.6 Å². The molecule has 0 bridgehead atoms. The maximum Gasteiger partial charge on any atom is 0.252 e. The van der Waals surface area contributed by atoms with Gasteiger partial charge in [-0.15, -0.1) is 10.2 Å². The standard InChI is InChI=1S/C15H17ClN4O2/c1-2-22-12(10-6-4-3-5-7-10)9-18-15-11(14(17)21)8-13(16)19-20-15/h3-8,12H,2,9H2,1H3,(H2,17,21)(H,18,20). The molecule has 0 fully saturated rings. The molecule has 22 heavy (non-hydrogen) atoms. The third-order valence-corrected chi connectivity index (χ3v) is 3.21. The molecule has 1 aromatic heterocycles. The number of aromatic nitrogens is 2. The normalized spacial score (nSPS) is 11.9. The fraction of sp³-hybridized carbons (Fsp3) is 0.267. The Morgan fingerprint density at radius 2 is 2.09 bits per heavy atom. The minimum atomic E-state index is -0.619. The summed E-state index contributed by atoms with van der Waals surface area (Å²) < 4.78 is 5.72. The molecule has 0 aliphatic rings. The molecular formula is C15H17ClN4O2. The van der Waals surface area contributed by atoms with Gasteiger partial charge in [0.2, 0.25) is 0 Å². The monoisotopic (exact) mass is 320 g/mol. The van der Waals surface area contributed by atoms with Gasteiger partial charge in [0.05, 0.1) is 11.7 Å². The molecule has 2 aromatic rings. The van der Waals surface area contributed by atoms with Crippen molar-refractivity contribution in [3.63, 3.8) is 0 Å². The van der Waals surface area contributed by atoms with Crippen LogP contribution < -0.4 is 11.1 Å². The topological polar surface area (TPSA) is 90.1 Å². The predicted molar refractivity (Wildman–Crippen MR) is 84.9 cm³/mol. The lowest BCUT2D eigenvalue weighted by Gasteiger charge is -2.19. The van der Waals surface area contributed by atoms with Gasteiger partial charge in [0.1, 0.15) is 0 Å². The van der Waals surface area contributed by atoms with Crippen molar-refractivity contribution in [2.75, 3.05) is 18.5 Å². The van der Waals surface area contributed by atoms with Gasteiger partial charge in [0, 0.05) is 13.2 Å². The largest absolute Gasteiger partial charge is 0.372 e. The number of carbonyl (C=O) groups is 1. The first-order chi connectivity index (χ1) is 10.6. The van der Waals surface area contributed by atoms with E-state index in [9.17, 15) is 4.79 Å². The number of nitrogens with one attached hydrogen (secondary N) is 1. The highest BCUT2D eigenvalue weighted by molar-refractivity contribution is 6.29. The predicted octanol–water partition coefficient (Wildman–Crippen LogP) is 2.42. The van der Waals surface area contributed by atoms with Crippen LogP contribution in [-0.4, -0.2) is 29.3 Å². The van der Waals surface area contributed by atoms with Crippen molar-refractivity contribution in [2.45, 2.75) is 13.0 Å². The van der Waals surface area contributed by atoms with Crippen molar-refractivity contribution in [1.82, 2.24) is 10.2 Å². The van der Waals surface area contributed by atoms with Crippen LogP contribution in [0.2, 0.25) is 5.15 Å².